The van der Waals surface area contributed by atoms with Crippen LogP contribution in [0.25, 0.3) is 0 Å². The number of anilines is 1. The molecule has 1 N–H and O–H groups in total. The van der Waals surface area contributed by atoms with Crippen molar-refractivity contribution in [2.75, 3.05) is 5.32 Å². The molecule has 2 aromatic rings. The number of nitrogens with zero attached hydrogens (tertiary/aromatic N) is 1. The van der Waals surface area contributed by atoms with E-state index in [1.807, 2.05) is 6.92 Å². The van der Waals surface area contributed by atoms with Gasteiger partial charge in [0.15, 0.2) is 27.3 Å². The van der Waals surface area contributed by atoms with E-state index in [0.29, 0.717) is 18.6 Å². The molecule has 4 rings (SSSR count). The lowest BCUT2D eigenvalue weighted by Gasteiger charge is -2.39. The highest BCUT2D eigenvalue weighted by Gasteiger charge is 2.51. The third-order valence-electron chi connectivity index (χ3n) is 6.88. The number of halogens is 4. The Morgan fingerprint density at radius 3 is 2.26 bits per heavy atom. The summed E-state index contributed by atoms with van der Waals surface area (Å²) in [7, 11) is -4.03. The van der Waals surface area contributed by atoms with Crippen LogP contribution in [0.15, 0.2) is 35.2 Å². The van der Waals surface area contributed by atoms with E-state index in [-0.39, 0.29) is 52.0 Å². The Hall–Kier alpha value is -2.79. The number of amides is 2. The van der Waals surface area contributed by atoms with E-state index in [2.05, 4.69) is 5.32 Å². The zero-order valence-electron chi connectivity index (χ0n) is 21.2. The molecule has 2 aliphatic rings. The maximum Gasteiger partial charge on any atom is 0.410 e. The van der Waals surface area contributed by atoms with Crippen molar-refractivity contribution in [2.45, 2.75) is 74.8 Å². The monoisotopic (exact) mass is 572 g/mol. The second-order valence-electron chi connectivity index (χ2n) is 10.8. The fourth-order valence-corrected chi connectivity index (χ4v) is 7.55. The molecule has 0 saturated carbocycles. The van der Waals surface area contributed by atoms with E-state index in [4.69, 9.17) is 16.3 Å². The number of sulfone groups is 1. The van der Waals surface area contributed by atoms with Crippen molar-refractivity contribution in [3.63, 3.8) is 0 Å². The van der Waals surface area contributed by atoms with Gasteiger partial charge in [-0.3, -0.25) is 4.79 Å². The van der Waals surface area contributed by atoms with Crippen LogP contribution in [-0.2, 0) is 14.6 Å². The maximum atomic E-state index is 13.7. The van der Waals surface area contributed by atoms with Gasteiger partial charge in [0, 0.05) is 35.5 Å². The Kier molecular flexibility index (Phi) is 7.48. The fourth-order valence-electron chi connectivity index (χ4n) is 5.20. The first kappa shape index (κ1) is 28.2. The number of carbonyl (C=O) groups is 2. The molecule has 0 radical (unpaired) electrons. The normalized spacial score (nSPS) is 23.3. The van der Waals surface area contributed by atoms with Gasteiger partial charge in [0.1, 0.15) is 5.60 Å². The number of rotatable bonds is 4. The molecule has 0 aliphatic carbocycles. The molecule has 2 aliphatic heterocycles. The van der Waals surface area contributed by atoms with Gasteiger partial charge in [-0.25, -0.2) is 26.4 Å². The maximum absolute atomic E-state index is 13.7. The summed E-state index contributed by atoms with van der Waals surface area (Å²) >= 11 is 6.26. The molecule has 4 atom stereocenters. The highest BCUT2D eigenvalue weighted by Crippen LogP contribution is 2.44. The van der Waals surface area contributed by atoms with Crippen molar-refractivity contribution in [3.8, 4) is 0 Å². The van der Waals surface area contributed by atoms with Crippen molar-refractivity contribution >= 4 is 39.1 Å². The van der Waals surface area contributed by atoms with E-state index >= 15 is 0 Å². The summed E-state index contributed by atoms with van der Waals surface area (Å²) in [4.78, 5) is 27.0. The molecule has 1 unspecified atom stereocenters. The SMILES string of the molecule is C[C@H]1CC2C[C@@H](S(=O)(=O)c3cc(C(=O)Nc4cc(F)c(F)c(F)c4)ccc3Cl)C[C@H]1N2C(=O)OC(C)(C)C. The summed E-state index contributed by atoms with van der Waals surface area (Å²) in [5.74, 6) is -5.44. The lowest BCUT2D eigenvalue weighted by molar-refractivity contribution is 0.00640. The minimum Gasteiger partial charge on any atom is -0.444 e. The molecule has 2 amide bonds. The second kappa shape index (κ2) is 10.1. The van der Waals surface area contributed by atoms with Crippen molar-refractivity contribution in [2.24, 2.45) is 5.92 Å². The molecular formula is C26H28ClF3N2O5S. The molecular weight excluding hydrogens is 545 g/mol. The third kappa shape index (κ3) is 5.49. The van der Waals surface area contributed by atoms with Gasteiger partial charge in [0.2, 0.25) is 0 Å². The molecule has 2 aromatic carbocycles. The van der Waals surface area contributed by atoms with Gasteiger partial charge in [0.25, 0.3) is 5.91 Å². The van der Waals surface area contributed by atoms with Crippen molar-refractivity contribution in [1.29, 1.82) is 0 Å². The van der Waals surface area contributed by atoms with Gasteiger partial charge in [-0.05, 0) is 64.2 Å². The van der Waals surface area contributed by atoms with Crippen LogP contribution >= 0.6 is 11.6 Å². The second-order valence-corrected chi connectivity index (χ2v) is 13.4. The summed E-state index contributed by atoms with van der Waals surface area (Å²) in [6, 6.07) is 4.18. The van der Waals surface area contributed by atoms with E-state index in [1.54, 1.807) is 25.7 Å². The van der Waals surface area contributed by atoms with Gasteiger partial charge in [0.05, 0.1) is 15.2 Å². The summed E-state index contributed by atoms with van der Waals surface area (Å²) < 4.78 is 73.3. The number of fused-ring (bicyclic) bond motifs is 2. The number of hydrogen-bond acceptors (Lipinski definition) is 5. The lowest BCUT2D eigenvalue weighted by atomic mass is 9.99. The minimum atomic E-state index is -4.03. The number of ether oxygens (including phenoxy) is 1. The quantitative estimate of drug-likeness (QED) is 0.456. The van der Waals surface area contributed by atoms with Crippen molar-refractivity contribution in [3.05, 3.63) is 58.4 Å². The van der Waals surface area contributed by atoms with E-state index in [0.717, 1.165) is 6.07 Å². The molecule has 206 valence electrons. The van der Waals surface area contributed by atoms with Gasteiger partial charge in [-0.15, -0.1) is 0 Å². The highest BCUT2D eigenvalue weighted by molar-refractivity contribution is 7.92. The topological polar surface area (TPSA) is 92.8 Å². The van der Waals surface area contributed by atoms with Gasteiger partial charge in [-0.1, -0.05) is 18.5 Å². The summed E-state index contributed by atoms with van der Waals surface area (Å²) in [6.45, 7) is 7.26. The molecule has 38 heavy (non-hydrogen) atoms. The van der Waals surface area contributed by atoms with Crippen LogP contribution in [0.3, 0.4) is 0 Å². The standard InChI is InChI=1S/C26H28ClF3N2O5S/c1-13-7-16-11-17(12-21(13)32(16)25(34)37-26(2,3)4)38(35,36)22-8-14(5-6-18(22)27)24(33)31-15-9-19(28)23(30)20(29)10-15/h5-6,8-10,13,16-17,21H,7,11-12H2,1-4H3,(H,31,33)/t13-,16?,17+,21+/m0/s1. The van der Waals surface area contributed by atoms with Crippen LogP contribution in [0, 0.1) is 23.4 Å². The summed E-state index contributed by atoms with van der Waals surface area (Å²) in [5.41, 5.74) is -1.16. The van der Waals surface area contributed by atoms with Crippen LogP contribution < -0.4 is 5.32 Å². The average molecular weight is 573 g/mol. The Bertz CT molecular complexity index is 1370. The summed E-state index contributed by atoms with van der Waals surface area (Å²) in [6.07, 6.45) is 0.526. The third-order valence-corrected chi connectivity index (χ3v) is 9.53. The molecule has 12 heteroatoms. The smallest absolute Gasteiger partial charge is 0.410 e. The van der Waals surface area contributed by atoms with E-state index < -0.39 is 50.1 Å². The Balaban J connectivity index is 1.57. The van der Waals surface area contributed by atoms with Crippen LogP contribution in [-0.4, -0.2) is 48.3 Å². The van der Waals surface area contributed by atoms with E-state index in [9.17, 15) is 31.2 Å². The van der Waals surface area contributed by atoms with Crippen LogP contribution in [0.1, 0.15) is 57.3 Å². The highest BCUT2D eigenvalue weighted by atomic mass is 35.5. The van der Waals surface area contributed by atoms with Gasteiger partial charge >= 0.3 is 6.09 Å². The number of hydrogen-bond donors (Lipinski definition) is 1. The summed E-state index contributed by atoms with van der Waals surface area (Å²) in [5, 5.41) is 1.29. The van der Waals surface area contributed by atoms with Crippen LogP contribution in [0.5, 0.6) is 0 Å². The van der Waals surface area contributed by atoms with Crippen LogP contribution in [0.4, 0.5) is 23.7 Å². The molecule has 0 spiro atoms. The minimum absolute atomic E-state index is 0.0665. The molecule has 2 bridgehead atoms. The van der Waals surface area contributed by atoms with Gasteiger partial charge in [-0.2, -0.15) is 0 Å². The average Bonchev–Trinajstić information content (AvgIpc) is 3.00. The van der Waals surface area contributed by atoms with Crippen molar-refractivity contribution in [1.82, 2.24) is 4.90 Å². The molecule has 2 fully saturated rings. The Morgan fingerprint density at radius 1 is 1.05 bits per heavy atom. The van der Waals surface area contributed by atoms with Gasteiger partial charge < -0.3 is 15.0 Å². The number of benzene rings is 2. The van der Waals surface area contributed by atoms with E-state index in [1.165, 1.54) is 12.1 Å². The first-order valence-corrected chi connectivity index (χ1v) is 14.0. The van der Waals surface area contributed by atoms with Crippen molar-refractivity contribution < 1.29 is 35.9 Å². The Morgan fingerprint density at radius 2 is 1.68 bits per heavy atom. The zero-order valence-corrected chi connectivity index (χ0v) is 22.8. The number of piperidine rings is 1. The lowest BCUT2D eigenvalue weighted by Crippen LogP contribution is -2.51. The predicted molar refractivity (Wildman–Crippen MR) is 135 cm³/mol. The van der Waals surface area contributed by atoms with Crippen LogP contribution in [0.2, 0.25) is 5.02 Å². The zero-order chi connectivity index (χ0) is 28.2. The fraction of sp³-hybridized carbons (Fsp3) is 0.462. The largest absolute Gasteiger partial charge is 0.444 e. The molecule has 2 heterocycles. The molecule has 0 aromatic heterocycles. The molecule has 7 nitrogen and oxygen atoms in total. The Labute approximate surface area is 224 Å². The first-order valence-electron chi connectivity index (χ1n) is 12.1. The number of nitrogens with one attached hydrogen (secondary N) is 1. The number of carbonyl (C=O) groups excluding carboxylic acids is 2. The molecule has 2 saturated heterocycles. The predicted octanol–water partition coefficient (Wildman–Crippen LogP) is 5.96. The first-order chi connectivity index (χ1) is 17.6.